The Morgan fingerprint density at radius 2 is 2.21 bits per heavy atom. The van der Waals surface area contributed by atoms with Crippen molar-refractivity contribution in [3.05, 3.63) is 23.0 Å². The first-order valence-corrected chi connectivity index (χ1v) is 6.99. The molecule has 4 aliphatic rings. The van der Waals surface area contributed by atoms with Crippen LogP contribution >= 0.6 is 0 Å². The van der Waals surface area contributed by atoms with Crippen LogP contribution in [-0.4, -0.2) is 29.4 Å². The maximum atomic E-state index is 11.7. The van der Waals surface area contributed by atoms with Crippen molar-refractivity contribution in [1.29, 1.82) is 0 Å². The molecular formula is C15H18O4. The van der Waals surface area contributed by atoms with Crippen LogP contribution in [0.2, 0.25) is 0 Å². The number of ether oxygens (including phenoxy) is 1. The molecule has 0 aromatic carbocycles. The van der Waals surface area contributed by atoms with Crippen molar-refractivity contribution in [2.24, 2.45) is 29.1 Å². The van der Waals surface area contributed by atoms with Crippen LogP contribution in [0, 0.1) is 29.1 Å². The zero-order chi connectivity index (χ0) is 13.4. The average Bonchev–Trinajstić information content (AvgIpc) is 3.05. The minimum Gasteiger partial charge on any atom is -0.423 e. The number of carbonyl (C=O) groups excluding carboxylic acids is 1. The van der Waals surface area contributed by atoms with Crippen molar-refractivity contribution in [3.8, 4) is 0 Å². The molecule has 0 saturated heterocycles. The summed E-state index contributed by atoms with van der Waals surface area (Å²) in [4.78, 5) is 11.7. The number of fused-ring (bicyclic) bond motifs is 4. The SMILES string of the molecule is CC12C=C3OC(=O)C(CO)=C3CC1C(CO)C1CC12. The second-order valence-corrected chi connectivity index (χ2v) is 6.54. The van der Waals surface area contributed by atoms with E-state index in [9.17, 15) is 15.0 Å². The van der Waals surface area contributed by atoms with Crippen LogP contribution in [0.25, 0.3) is 0 Å². The Balaban J connectivity index is 1.81. The molecule has 5 unspecified atom stereocenters. The predicted octanol–water partition coefficient (Wildman–Crippen LogP) is 1.00. The minimum absolute atomic E-state index is 0.0437. The normalized spacial score (nSPS) is 46.5. The standard InChI is InChI=1S/C15H18O4/c1-15-4-13-8(10(6-17)14(18)19-13)3-12(15)9(5-16)7-2-11(7)15/h4,7,9,11-12,16-17H,2-3,5-6H2,1H3. The number of allylic oxidation sites excluding steroid dienone is 2. The first-order chi connectivity index (χ1) is 9.10. The highest BCUT2D eigenvalue weighted by Gasteiger charge is 2.66. The summed E-state index contributed by atoms with van der Waals surface area (Å²) in [6, 6.07) is 0. The summed E-state index contributed by atoms with van der Waals surface area (Å²) in [7, 11) is 0. The average molecular weight is 262 g/mol. The van der Waals surface area contributed by atoms with Crippen molar-refractivity contribution in [3.63, 3.8) is 0 Å². The van der Waals surface area contributed by atoms with E-state index in [1.165, 1.54) is 6.42 Å². The molecule has 0 aromatic rings. The molecular weight excluding hydrogens is 244 g/mol. The molecule has 0 bridgehead atoms. The number of hydrogen-bond donors (Lipinski definition) is 2. The lowest BCUT2D eigenvalue weighted by molar-refractivity contribution is -0.133. The molecule has 0 amide bonds. The third-order valence-corrected chi connectivity index (χ3v) is 5.85. The van der Waals surface area contributed by atoms with Crippen LogP contribution in [0.5, 0.6) is 0 Å². The summed E-state index contributed by atoms with van der Waals surface area (Å²) in [5.74, 6) is 2.22. The Bertz CT molecular complexity index is 532. The van der Waals surface area contributed by atoms with Crippen LogP contribution in [-0.2, 0) is 9.53 Å². The van der Waals surface area contributed by atoms with Crippen molar-refractivity contribution in [1.82, 2.24) is 0 Å². The van der Waals surface area contributed by atoms with Crippen molar-refractivity contribution < 1.29 is 19.7 Å². The second-order valence-electron chi connectivity index (χ2n) is 6.54. The van der Waals surface area contributed by atoms with E-state index >= 15 is 0 Å². The van der Waals surface area contributed by atoms with Gasteiger partial charge >= 0.3 is 5.97 Å². The van der Waals surface area contributed by atoms with Crippen molar-refractivity contribution >= 4 is 5.97 Å². The Kier molecular flexibility index (Phi) is 2.15. The van der Waals surface area contributed by atoms with E-state index < -0.39 is 5.97 Å². The van der Waals surface area contributed by atoms with E-state index in [2.05, 4.69) is 13.0 Å². The van der Waals surface area contributed by atoms with Gasteiger partial charge in [0, 0.05) is 12.2 Å². The van der Waals surface area contributed by atoms with Gasteiger partial charge in [-0.2, -0.15) is 0 Å². The van der Waals surface area contributed by atoms with E-state index in [1.54, 1.807) is 0 Å². The highest BCUT2D eigenvalue weighted by atomic mass is 16.5. The van der Waals surface area contributed by atoms with Crippen LogP contribution in [0.3, 0.4) is 0 Å². The van der Waals surface area contributed by atoms with Crippen LogP contribution in [0.4, 0.5) is 0 Å². The fourth-order valence-corrected chi connectivity index (χ4v) is 4.78. The summed E-state index contributed by atoms with van der Waals surface area (Å²) in [5.41, 5.74) is 1.32. The summed E-state index contributed by atoms with van der Waals surface area (Å²) in [6.07, 6.45) is 4.03. The Hall–Kier alpha value is -1.13. The molecule has 4 rings (SSSR count). The van der Waals surface area contributed by atoms with Gasteiger partial charge in [0.15, 0.2) is 0 Å². The van der Waals surface area contributed by atoms with Crippen LogP contribution < -0.4 is 0 Å². The van der Waals surface area contributed by atoms with Gasteiger partial charge in [-0.05, 0) is 48.0 Å². The minimum atomic E-state index is -0.403. The summed E-state index contributed by atoms with van der Waals surface area (Å²) in [6.45, 7) is 2.19. The molecule has 4 heteroatoms. The molecule has 1 heterocycles. The first kappa shape index (κ1) is 11.7. The zero-order valence-corrected chi connectivity index (χ0v) is 10.9. The highest BCUT2D eigenvalue weighted by molar-refractivity contribution is 5.95. The van der Waals surface area contributed by atoms with E-state index in [-0.39, 0.29) is 18.6 Å². The smallest absolute Gasteiger partial charge is 0.342 e. The zero-order valence-electron chi connectivity index (χ0n) is 10.9. The fraction of sp³-hybridized carbons (Fsp3) is 0.667. The van der Waals surface area contributed by atoms with Crippen molar-refractivity contribution in [2.75, 3.05) is 13.2 Å². The van der Waals surface area contributed by atoms with E-state index in [0.29, 0.717) is 35.0 Å². The number of aliphatic hydroxyl groups excluding tert-OH is 2. The van der Waals surface area contributed by atoms with Gasteiger partial charge in [-0.15, -0.1) is 0 Å². The molecule has 0 aromatic heterocycles. The topological polar surface area (TPSA) is 66.8 Å². The summed E-state index contributed by atoms with van der Waals surface area (Å²) in [5, 5.41) is 19.0. The third kappa shape index (κ3) is 1.29. The fourth-order valence-electron chi connectivity index (χ4n) is 4.78. The second kappa shape index (κ2) is 3.49. The first-order valence-electron chi connectivity index (χ1n) is 6.99. The lowest BCUT2D eigenvalue weighted by Gasteiger charge is -2.38. The monoisotopic (exact) mass is 262 g/mol. The maximum Gasteiger partial charge on any atom is 0.342 e. The van der Waals surface area contributed by atoms with Gasteiger partial charge in [-0.25, -0.2) is 4.79 Å². The number of rotatable bonds is 2. The number of hydrogen-bond acceptors (Lipinski definition) is 4. The van der Waals surface area contributed by atoms with Crippen LogP contribution in [0.1, 0.15) is 19.8 Å². The Morgan fingerprint density at radius 1 is 1.42 bits per heavy atom. The predicted molar refractivity (Wildman–Crippen MR) is 66.7 cm³/mol. The number of aliphatic hydroxyl groups is 2. The van der Waals surface area contributed by atoms with Crippen molar-refractivity contribution in [2.45, 2.75) is 19.8 Å². The molecule has 0 radical (unpaired) electrons. The van der Waals surface area contributed by atoms with E-state index in [1.807, 2.05) is 0 Å². The van der Waals surface area contributed by atoms with Gasteiger partial charge in [0.1, 0.15) is 5.76 Å². The lowest BCUT2D eigenvalue weighted by atomic mass is 9.66. The van der Waals surface area contributed by atoms with Gasteiger partial charge in [-0.3, -0.25) is 0 Å². The molecule has 2 N–H and O–H groups in total. The van der Waals surface area contributed by atoms with Gasteiger partial charge in [-0.1, -0.05) is 6.92 Å². The quantitative estimate of drug-likeness (QED) is 0.729. The summed E-state index contributed by atoms with van der Waals surface area (Å²) < 4.78 is 5.30. The number of carbonyl (C=O) groups is 1. The van der Waals surface area contributed by atoms with Gasteiger partial charge in [0.05, 0.1) is 12.2 Å². The Labute approximate surface area is 111 Å². The van der Waals surface area contributed by atoms with Gasteiger partial charge in [0.2, 0.25) is 0 Å². The molecule has 4 nitrogen and oxygen atoms in total. The molecule has 2 fully saturated rings. The molecule has 3 aliphatic carbocycles. The van der Waals surface area contributed by atoms with Crippen LogP contribution in [0.15, 0.2) is 23.0 Å². The molecule has 0 spiro atoms. The maximum absolute atomic E-state index is 11.7. The summed E-state index contributed by atoms with van der Waals surface area (Å²) >= 11 is 0. The highest BCUT2D eigenvalue weighted by Crippen LogP contribution is 2.71. The number of esters is 1. The molecule has 19 heavy (non-hydrogen) atoms. The van der Waals surface area contributed by atoms with E-state index in [4.69, 9.17) is 4.74 Å². The third-order valence-electron chi connectivity index (χ3n) is 5.85. The Morgan fingerprint density at radius 3 is 2.89 bits per heavy atom. The lowest BCUT2D eigenvalue weighted by Crippen LogP contribution is -2.33. The largest absolute Gasteiger partial charge is 0.423 e. The molecule has 2 saturated carbocycles. The van der Waals surface area contributed by atoms with Gasteiger partial charge < -0.3 is 14.9 Å². The van der Waals surface area contributed by atoms with E-state index in [0.717, 1.165) is 12.0 Å². The molecule has 102 valence electrons. The molecule has 5 atom stereocenters. The molecule has 1 aliphatic heterocycles. The van der Waals surface area contributed by atoms with Gasteiger partial charge in [0.25, 0.3) is 0 Å².